The summed E-state index contributed by atoms with van der Waals surface area (Å²) in [6.45, 7) is 1.44. The number of rotatable bonds is 5. The normalized spacial score (nSPS) is 11.0. The van der Waals surface area contributed by atoms with E-state index in [-0.39, 0.29) is 0 Å². The van der Waals surface area contributed by atoms with Gasteiger partial charge in [0.15, 0.2) is 5.13 Å². The van der Waals surface area contributed by atoms with Crippen molar-refractivity contribution < 1.29 is 4.74 Å². The third kappa shape index (κ3) is 2.75. The number of nitrogens with zero attached hydrogens (tertiary/aromatic N) is 2. The van der Waals surface area contributed by atoms with E-state index in [9.17, 15) is 0 Å². The molecular formula is C13H13N3OS2. The summed E-state index contributed by atoms with van der Waals surface area (Å²) in [5, 5.41) is 7.14. The number of hydrogen-bond acceptors (Lipinski definition) is 6. The molecule has 1 N–H and O–H groups in total. The molecule has 3 aromatic rings. The van der Waals surface area contributed by atoms with Crippen LogP contribution in [0.25, 0.3) is 20.9 Å². The van der Waals surface area contributed by atoms with Gasteiger partial charge in [-0.3, -0.25) is 0 Å². The molecule has 2 aromatic heterocycles. The molecular weight excluding hydrogens is 278 g/mol. The van der Waals surface area contributed by atoms with Gasteiger partial charge in [0.2, 0.25) is 0 Å². The third-order valence-corrected chi connectivity index (χ3v) is 4.46. The predicted octanol–water partition coefficient (Wildman–Crippen LogP) is 3.48. The highest BCUT2D eigenvalue weighted by molar-refractivity contribution is 7.22. The molecule has 3 rings (SSSR count). The van der Waals surface area contributed by atoms with Crippen molar-refractivity contribution in [2.45, 2.75) is 0 Å². The van der Waals surface area contributed by atoms with Gasteiger partial charge in [0, 0.05) is 19.0 Å². The fourth-order valence-electron chi connectivity index (χ4n) is 1.69. The summed E-state index contributed by atoms with van der Waals surface area (Å²) in [7, 11) is 1.69. The monoisotopic (exact) mass is 291 g/mol. The SMILES string of the molecule is COCCNc1nc(-c2nc3ccccc3s2)cs1. The Balaban J connectivity index is 1.81. The average Bonchev–Trinajstić information content (AvgIpc) is 3.04. The van der Waals surface area contributed by atoms with Crippen molar-refractivity contribution >= 4 is 38.0 Å². The summed E-state index contributed by atoms with van der Waals surface area (Å²) in [6.07, 6.45) is 0. The quantitative estimate of drug-likeness (QED) is 0.731. The van der Waals surface area contributed by atoms with Crippen LogP contribution in [0.2, 0.25) is 0 Å². The van der Waals surface area contributed by atoms with Crippen LogP contribution in [0.4, 0.5) is 5.13 Å². The van der Waals surface area contributed by atoms with Crippen molar-refractivity contribution in [2.75, 3.05) is 25.6 Å². The van der Waals surface area contributed by atoms with Gasteiger partial charge in [-0.2, -0.15) is 0 Å². The van der Waals surface area contributed by atoms with Crippen molar-refractivity contribution in [3.8, 4) is 10.7 Å². The lowest BCUT2D eigenvalue weighted by atomic mass is 10.3. The van der Waals surface area contributed by atoms with E-state index in [4.69, 9.17) is 4.74 Å². The standard InChI is InChI=1S/C13H13N3OS2/c1-17-7-6-14-13-16-10(8-18-13)12-15-9-4-2-3-5-11(9)19-12/h2-5,8H,6-7H2,1H3,(H,14,16). The number of thiazole rings is 2. The zero-order valence-electron chi connectivity index (χ0n) is 10.4. The molecule has 4 nitrogen and oxygen atoms in total. The molecule has 2 heterocycles. The number of hydrogen-bond donors (Lipinski definition) is 1. The first-order valence-corrected chi connectivity index (χ1v) is 7.61. The summed E-state index contributed by atoms with van der Waals surface area (Å²) < 4.78 is 6.19. The minimum atomic E-state index is 0.677. The van der Waals surface area contributed by atoms with Gasteiger partial charge in [0.05, 0.1) is 16.8 Å². The molecule has 0 amide bonds. The Morgan fingerprint density at radius 3 is 3.00 bits per heavy atom. The van der Waals surface area contributed by atoms with Crippen molar-refractivity contribution in [2.24, 2.45) is 0 Å². The molecule has 0 spiro atoms. The minimum Gasteiger partial charge on any atom is -0.383 e. The Bertz CT molecular complexity index is 644. The molecule has 0 fully saturated rings. The van der Waals surface area contributed by atoms with Gasteiger partial charge < -0.3 is 10.1 Å². The zero-order chi connectivity index (χ0) is 13.1. The second kappa shape index (κ2) is 5.64. The van der Waals surface area contributed by atoms with Crippen LogP contribution in [-0.4, -0.2) is 30.2 Å². The van der Waals surface area contributed by atoms with E-state index < -0.39 is 0 Å². The van der Waals surface area contributed by atoms with Crippen LogP contribution in [-0.2, 0) is 4.74 Å². The summed E-state index contributed by atoms with van der Waals surface area (Å²) >= 11 is 3.27. The van der Waals surface area contributed by atoms with Gasteiger partial charge >= 0.3 is 0 Å². The summed E-state index contributed by atoms with van der Waals surface area (Å²) in [4.78, 5) is 9.15. The van der Waals surface area contributed by atoms with E-state index in [1.807, 2.05) is 23.6 Å². The highest BCUT2D eigenvalue weighted by atomic mass is 32.1. The fraction of sp³-hybridized carbons (Fsp3) is 0.231. The molecule has 0 radical (unpaired) electrons. The number of benzene rings is 1. The van der Waals surface area contributed by atoms with E-state index in [1.54, 1.807) is 29.8 Å². The Kier molecular flexibility index (Phi) is 3.72. The number of aromatic nitrogens is 2. The molecule has 0 atom stereocenters. The van der Waals surface area contributed by atoms with Crippen LogP contribution >= 0.6 is 22.7 Å². The van der Waals surface area contributed by atoms with E-state index in [0.29, 0.717) is 6.61 Å². The Morgan fingerprint density at radius 2 is 2.16 bits per heavy atom. The molecule has 0 aliphatic rings. The first kappa shape index (κ1) is 12.5. The third-order valence-electron chi connectivity index (χ3n) is 2.60. The lowest BCUT2D eigenvalue weighted by Gasteiger charge is -1.99. The van der Waals surface area contributed by atoms with Gasteiger partial charge in [0.1, 0.15) is 10.7 Å². The maximum absolute atomic E-state index is 5.00. The smallest absolute Gasteiger partial charge is 0.183 e. The summed E-state index contributed by atoms with van der Waals surface area (Å²) in [5.41, 5.74) is 1.97. The van der Waals surface area contributed by atoms with Crippen LogP contribution in [0, 0.1) is 0 Å². The van der Waals surface area contributed by atoms with Crippen LogP contribution in [0.3, 0.4) is 0 Å². The minimum absolute atomic E-state index is 0.677. The Morgan fingerprint density at radius 1 is 1.26 bits per heavy atom. The van der Waals surface area contributed by atoms with Crippen LogP contribution in [0.1, 0.15) is 0 Å². The molecule has 0 aliphatic heterocycles. The lowest BCUT2D eigenvalue weighted by Crippen LogP contribution is -2.06. The lowest BCUT2D eigenvalue weighted by molar-refractivity contribution is 0.211. The second-order valence-corrected chi connectivity index (χ2v) is 5.83. The molecule has 0 saturated carbocycles. The topological polar surface area (TPSA) is 47.0 Å². The molecule has 0 saturated heterocycles. The molecule has 0 aliphatic carbocycles. The van der Waals surface area contributed by atoms with E-state index >= 15 is 0 Å². The maximum atomic E-state index is 5.00. The number of methoxy groups -OCH3 is 1. The fourth-order valence-corrected chi connectivity index (χ4v) is 3.42. The van der Waals surface area contributed by atoms with Crippen molar-refractivity contribution in [3.63, 3.8) is 0 Å². The van der Waals surface area contributed by atoms with Crippen molar-refractivity contribution in [1.82, 2.24) is 9.97 Å². The van der Waals surface area contributed by atoms with Gasteiger partial charge in [0.25, 0.3) is 0 Å². The van der Waals surface area contributed by atoms with E-state index in [2.05, 4.69) is 21.4 Å². The molecule has 98 valence electrons. The average molecular weight is 291 g/mol. The Hall–Kier alpha value is -1.50. The number of ether oxygens (including phenoxy) is 1. The number of nitrogens with one attached hydrogen (secondary N) is 1. The molecule has 6 heteroatoms. The van der Waals surface area contributed by atoms with E-state index in [0.717, 1.165) is 27.9 Å². The van der Waals surface area contributed by atoms with Gasteiger partial charge in [-0.15, -0.1) is 22.7 Å². The van der Waals surface area contributed by atoms with E-state index in [1.165, 1.54) is 4.70 Å². The zero-order valence-corrected chi connectivity index (χ0v) is 12.1. The van der Waals surface area contributed by atoms with Crippen LogP contribution in [0.5, 0.6) is 0 Å². The predicted molar refractivity (Wildman–Crippen MR) is 81.1 cm³/mol. The number of anilines is 1. The first-order valence-electron chi connectivity index (χ1n) is 5.91. The molecule has 19 heavy (non-hydrogen) atoms. The molecule has 1 aromatic carbocycles. The van der Waals surface area contributed by atoms with Crippen LogP contribution < -0.4 is 5.32 Å². The summed E-state index contributed by atoms with van der Waals surface area (Å²) in [6, 6.07) is 8.15. The highest BCUT2D eigenvalue weighted by Gasteiger charge is 2.09. The van der Waals surface area contributed by atoms with Crippen LogP contribution in [0.15, 0.2) is 29.6 Å². The maximum Gasteiger partial charge on any atom is 0.183 e. The molecule has 0 bridgehead atoms. The largest absolute Gasteiger partial charge is 0.383 e. The summed E-state index contributed by atoms with van der Waals surface area (Å²) in [5.74, 6) is 0. The van der Waals surface area contributed by atoms with Gasteiger partial charge in [-0.1, -0.05) is 12.1 Å². The van der Waals surface area contributed by atoms with Gasteiger partial charge in [-0.25, -0.2) is 9.97 Å². The first-order chi connectivity index (χ1) is 9.36. The number of para-hydroxylation sites is 1. The second-order valence-electron chi connectivity index (χ2n) is 3.94. The van der Waals surface area contributed by atoms with Crippen molar-refractivity contribution in [3.05, 3.63) is 29.6 Å². The number of fused-ring (bicyclic) bond motifs is 1. The van der Waals surface area contributed by atoms with Gasteiger partial charge in [-0.05, 0) is 12.1 Å². The highest BCUT2D eigenvalue weighted by Crippen LogP contribution is 2.31. The van der Waals surface area contributed by atoms with Crippen molar-refractivity contribution in [1.29, 1.82) is 0 Å². The Labute approximate surface area is 119 Å². The molecule has 0 unspecified atom stereocenters.